The van der Waals surface area contributed by atoms with Crippen LogP contribution in [0.1, 0.15) is 24.2 Å². The molecule has 106 valence electrons. The Morgan fingerprint density at radius 2 is 2.16 bits per heavy atom. The molecule has 1 atom stereocenters. The maximum absolute atomic E-state index is 12.5. The maximum atomic E-state index is 12.5. The van der Waals surface area contributed by atoms with Gasteiger partial charge in [-0.15, -0.1) is 0 Å². The molecule has 1 unspecified atom stereocenters. The fraction of sp³-hybridized carbons (Fsp3) is 0.571. The molecule has 19 heavy (non-hydrogen) atoms. The zero-order valence-corrected chi connectivity index (χ0v) is 12.5. The van der Waals surface area contributed by atoms with Crippen molar-refractivity contribution in [1.29, 1.82) is 0 Å². The number of nitrogens with one attached hydrogen (secondary N) is 1. The van der Waals surface area contributed by atoms with Gasteiger partial charge in [0.2, 0.25) is 0 Å². The van der Waals surface area contributed by atoms with E-state index >= 15 is 0 Å². The maximum Gasteiger partial charge on any atom is 0.254 e. The molecule has 0 aliphatic heterocycles. The minimum Gasteiger partial charge on any atom is -0.373 e. The molecule has 1 rings (SSSR count). The van der Waals surface area contributed by atoms with Crippen LogP contribution < -0.4 is 5.32 Å². The molecule has 0 aliphatic carbocycles. The van der Waals surface area contributed by atoms with Gasteiger partial charge in [0.1, 0.15) is 5.82 Å². The van der Waals surface area contributed by atoms with E-state index in [1.807, 2.05) is 25.9 Å². The molecule has 0 saturated heterocycles. The molecule has 0 aliphatic rings. The van der Waals surface area contributed by atoms with Gasteiger partial charge < -0.3 is 15.1 Å². The van der Waals surface area contributed by atoms with Crippen LogP contribution in [0.25, 0.3) is 0 Å². The highest BCUT2D eigenvalue weighted by Gasteiger charge is 2.20. The smallest absolute Gasteiger partial charge is 0.254 e. The average molecular weight is 264 g/mol. The van der Waals surface area contributed by atoms with Crippen molar-refractivity contribution in [1.82, 2.24) is 14.8 Å². The third-order valence-corrected chi connectivity index (χ3v) is 3.03. The van der Waals surface area contributed by atoms with Crippen LogP contribution in [0.5, 0.6) is 0 Å². The van der Waals surface area contributed by atoms with E-state index in [9.17, 15) is 4.79 Å². The number of amides is 1. The topological polar surface area (TPSA) is 48.5 Å². The number of nitrogens with zero attached hydrogens (tertiary/aromatic N) is 3. The zero-order valence-electron chi connectivity index (χ0n) is 12.5. The molecule has 0 radical (unpaired) electrons. The van der Waals surface area contributed by atoms with Crippen LogP contribution in [0.2, 0.25) is 0 Å². The molecular formula is C14H24N4O. The van der Waals surface area contributed by atoms with Gasteiger partial charge in [0, 0.05) is 37.9 Å². The van der Waals surface area contributed by atoms with E-state index < -0.39 is 0 Å². The molecule has 0 saturated carbocycles. The van der Waals surface area contributed by atoms with Gasteiger partial charge in [0.25, 0.3) is 5.91 Å². The highest BCUT2D eigenvalue weighted by molar-refractivity contribution is 5.95. The lowest BCUT2D eigenvalue weighted by atomic mass is 10.2. The Kier molecular flexibility index (Phi) is 5.76. The third-order valence-electron chi connectivity index (χ3n) is 3.03. The zero-order chi connectivity index (χ0) is 14.4. The number of carbonyl (C=O) groups excluding carboxylic acids is 1. The molecule has 1 aromatic heterocycles. The van der Waals surface area contributed by atoms with Gasteiger partial charge in [0.15, 0.2) is 0 Å². The van der Waals surface area contributed by atoms with Crippen LogP contribution in [0.3, 0.4) is 0 Å². The predicted molar refractivity (Wildman–Crippen MR) is 78.5 cm³/mol. The van der Waals surface area contributed by atoms with E-state index in [-0.39, 0.29) is 11.9 Å². The SMILES string of the molecule is CCN(C(=O)c1ccnc(NC)c1)C(C)CN(C)C. The van der Waals surface area contributed by atoms with E-state index in [1.54, 1.807) is 25.4 Å². The van der Waals surface area contributed by atoms with Crippen molar-refractivity contribution in [3.8, 4) is 0 Å². The first-order valence-electron chi connectivity index (χ1n) is 6.59. The quantitative estimate of drug-likeness (QED) is 0.846. The largest absolute Gasteiger partial charge is 0.373 e. The summed E-state index contributed by atoms with van der Waals surface area (Å²) in [6, 6.07) is 3.72. The summed E-state index contributed by atoms with van der Waals surface area (Å²) in [5.74, 6) is 0.762. The lowest BCUT2D eigenvalue weighted by molar-refractivity contribution is 0.0679. The Morgan fingerprint density at radius 3 is 2.68 bits per heavy atom. The van der Waals surface area contributed by atoms with Gasteiger partial charge in [-0.05, 0) is 40.1 Å². The Hall–Kier alpha value is -1.62. The summed E-state index contributed by atoms with van der Waals surface area (Å²) in [5.41, 5.74) is 0.673. The van der Waals surface area contributed by atoms with Crippen molar-refractivity contribution in [2.24, 2.45) is 0 Å². The summed E-state index contributed by atoms with van der Waals surface area (Å²) in [6.45, 7) is 5.63. The van der Waals surface area contributed by atoms with Crippen molar-refractivity contribution in [2.45, 2.75) is 19.9 Å². The van der Waals surface area contributed by atoms with Crippen LogP contribution in [0, 0.1) is 0 Å². The number of anilines is 1. The van der Waals surface area contributed by atoms with Gasteiger partial charge in [-0.3, -0.25) is 4.79 Å². The first-order valence-corrected chi connectivity index (χ1v) is 6.59. The third kappa shape index (κ3) is 4.21. The van der Waals surface area contributed by atoms with Gasteiger partial charge in [-0.2, -0.15) is 0 Å². The van der Waals surface area contributed by atoms with Crippen LogP contribution >= 0.6 is 0 Å². The summed E-state index contributed by atoms with van der Waals surface area (Å²) < 4.78 is 0. The molecular weight excluding hydrogens is 240 g/mol. The van der Waals surface area contributed by atoms with E-state index in [0.29, 0.717) is 17.9 Å². The molecule has 0 spiro atoms. The molecule has 5 heteroatoms. The van der Waals surface area contributed by atoms with Crippen molar-refractivity contribution in [3.05, 3.63) is 23.9 Å². The summed E-state index contributed by atoms with van der Waals surface area (Å²) in [7, 11) is 5.82. The average Bonchev–Trinajstić information content (AvgIpc) is 2.38. The normalized spacial score (nSPS) is 12.3. The number of likely N-dealkylation sites (N-methyl/N-ethyl adjacent to an activating group) is 2. The molecule has 0 bridgehead atoms. The van der Waals surface area contributed by atoms with Crippen LogP contribution in [0.15, 0.2) is 18.3 Å². The lowest BCUT2D eigenvalue weighted by Gasteiger charge is -2.30. The molecule has 1 N–H and O–H groups in total. The molecule has 1 heterocycles. The Balaban J connectivity index is 2.88. The highest BCUT2D eigenvalue weighted by Crippen LogP contribution is 2.12. The number of carbonyl (C=O) groups is 1. The number of rotatable bonds is 6. The van der Waals surface area contributed by atoms with E-state index in [1.165, 1.54) is 0 Å². The van der Waals surface area contributed by atoms with E-state index in [0.717, 1.165) is 6.54 Å². The minimum absolute atomic E-state index is 0.0516. The molecule has 1 amide bonds. The second kappa shape index (κ2) is 7.09. The Morgan fingerprint density at radius 1 is 1.47 bits per heavy atom. The predicted octanol–water partition coefficient (Wildman–Crippen LogP) is 1.54. The van der Waals surface area contributed by atoms with Crippen molar-refractivity contribution >= 4 is 11.7 Å². The minimum atomic E-state index is 0.0516. The van der Waals surface area contributed by atoms with E-state index in [4.69, 9.17) is 0 Å². The molecule has 0 fully saturated rings. The number of aromatic nitrogens is 1. The fourth-order valence-electron chi connectivity index (χ4n) is 2.15. The summed E-state index contributed by atoms with van der Waals surface area (Å²) in [4.78, 5) is 20.6. The van der Waals surface area contributed by atoms with Crippen molar-refractivity contribution in [2.75, 3.05) is 39.5 Å². The highest BCUT2D eigenvalue weighted by atomic mass is 16.2. The second-order valence-electron chi connectivity index (χ2n) is 4.88. The summed E-state index contributed by atoms with van der Waals surface area (Å²) >= 11 is 0. The number of hydrogen-bond donors (Lipinski definition) is 1. The van der Waals surface area contributed by atoms with Gasteiger partial charge in [-0.1, -0.05) is 0 Å². The fourth-order valence-corrected chi connectivity index (χ4v) is 2.15. The monoisotopic (exact) mass is 264 g/mol. The molecule has 0 aromatic carbocycles. The second-order valence-corrected chi connectivity index (χ2v) is 4.88. The van der Waals surface area contributed by atoms with Crippen molar-refractivity contribution < 1.29 is 4.79 Å². The number of pyridine rings is 1. The van der Waals surface area contributed by atoms with Crippen LogP contribution in [-0.2, 0) is 0 Å². The lowest BCUT2D eigenvalue weighted by Crippen LogP contribution is -2.43. The van der Waals surface area contributed by atoms with Gasteiger partial charge in [0.05, 0.1) is 0 Å². The molecule has 5 nitrogen and oxygen atoms in total. The Labute approximate surface area is 115 Å². The Bertz CT molecular complexity index is 420. The van der Waals surface area contributed by atoms with Crippen LogP contribution in [-0.4, -0.2) is 61.0 Å². The number of hydrogen-bond acceptors (Lipinski definition) is 4. The van der Waals surface area contributed by atoms with Gasteiger partial charge in [-0.25, -0.2) is 4.98 Å². The van der Waals surface area contributed by atoms with E-state index in [2.05, 4.69) is 22.1 Å². The standard InChI is InChI=1S/C14H24N4O/c1-6-18(11(2)10-17(4)5)14(19)12-7-8-16-13(9-12)15-3/h7-9,11H,6,10H2,1-5H3,(H,15,16). The van der Waals surface area contributed by atoms with Crippen LogP contribution in [0.4, 0.5) is 5.82 Å². The summed E-state index contributed by atoms with van der Waals surface area (Å²) in [5, 5.41) is 2.95. The first kappa shape index (κ1) is 15.4. The van der Waals surface area contributed by atoms with Gasteiger partial charge >= 0.3 is 0 Å². The first-order chi connectivity index (χ1) is 8.99. The summed E-state index contributed by atoms with van der Waals surface area (Å²) in [6.07, 6.45) is 1.66. The van der Waals surface area contributed by atoms with Crippen molar-refractivity contribution in [3.63, 3.8) is 0 Å². The molecule has 1 aromatic rings.